The lowest BCUT2D eigenvalue weighted by Gasteiger charge is -2.20. The molecule has 0 aliphatic heterocycles. The Morgan fingerprint density at radius 1 is 1.29 bits per heavy atom. The van der Waals surface area contributed by atoms with Crippen LogP contribution in [0.15, 0.2) is 29.2 Å². The number of hydrogen-bond donors (Lipinski definition) is 1. The summed E-state index contributed by atoms with van der Waals surface area (Å²) in [6, 6.07) is 5.89. The number of amides is 1. The zero-order chi connectivity index (χ0) is 18.2. The van der Waals surface area contributed by atoms with Gasteiger partial charge in [-0.05, 0) is 44.5 Å². The van der Waals surface area contributed by atoms with Crippen molar-refractivity contribution in [2.45, 2.75) is 38.2 Å². The van der Waals surface area contributed by atoms with Crippen molar-refractivity contribution in [3.8, 4) is 0 Å². The normalized spacial score (nSPS) is 11.9. The van der Waals surface area contributed by atoms with E-state index in [0.29, 0.717) is 24.6 Å². The Morgan fingerprint density at radius 2 is 1.92 bits per heavy atom. The van der Waals surface area contributed by atoms with Crippen LogP contribution in [0.1, 0.15) is 27.2 Å². The van der Waals surface area contributed by atoms with Crippen molar-refractivity contribution in [3.05, 3.63) is 29.3 Å². The lowest BCUT2D eigenvalue weighted by atomic mass is 10.4. The van der Waals surface area contributed by atoms with Gasteiger partial charge in [0.2, 0.25) is 15.9 Å². The van der Waals surface area contributed by atoms with Crippen LogP contribution in [0.3, 0.4) is 0 Å². The van der Waals surface area contributed by atoms with Gasteiger partial charge in [0.05, 0.1) is 17.5 Å². The summed E-state index contributed by atoms with van der Waals surface area (Å²) < 4.78 is 31.6. The van der Waals surface area contributed by atoms with E-state index in [4.69, 9.17) is 16.3 Å². The zero-order valence-corrected chi connectivity index (χ0v) is 15.9. The van der Waals surface area contributed by atoms with Gasteiger partial charge in [0.25, 0.3) is 0 Å². The average molecular weight is 377 g/mol. The molecular formula is C16H25ClN2O4S. The molecule has 0 aromatic heterocycles. The summed E-state index contributed by atoms with van der Waals surface area (Å²) in [6.07, 6.45) is 0.834. The third-order valence-electron chi connectivity index (χ3n) is 3.22. The predicted molar refractivity (Wildman–Crippen MR) is 94.6 cm³/mol. The molecule has 0 fully saturated rings. The highest BCUT2D eigenvalue weighted by atomic mass is 35.5. The van der Waals surface area contributed by atoms with Gasteiger partial charge >= 0.3 is 0 Å². The predicted octanol–water partition coefficient (Wildman–Crippen LogP) is 2.28. The number of ether oxygens (including phenoxy) is 1. The third kappa shape index (κ3) is 6.76. The van der Waals surface area contributed by atoms with E-state index < -0.39 is 10.0 Å². The van der Waals surface area contributed by atoms with Crippen molar-refractivity contribution in [1.82, 2.24) is 9.62 Å². The van der Waals surface area contributed by atoms with E-state index in [0.717, 1.165) is 4.31 Å². The first-order valence-corrected chi connectivity index (χ1v) is 9.73. The molecule has 0 unspecified atom stereocenters. The second-order valence-electron chi connectivity index (χ2n) is 5.51. The molecule has 0 aliphatic carbocycles. The fourth-order valence-corrected chi connectivity index (χ4v) is 3.49. The monoisotopic (exact) mass is 376 g/mol. The largest absolute Gasteiger partial charge is 0.379 e. The van der Waals surface area contributed by atoms with E-state index in [1.165, 1.54) is 24.3 Å². The van der Waals surface area contributed by atoms with Gasteiger partial charge in [0, 0.05) is 24.7 Å². The highest BCUT2D eigenvalue weighted by molar-refractivity contribution is 7.89. The summed E-state index contributed by atoms with van der Waals surface area (Å²) in [7, 11) is -3.72. The molecule has 1 amide bonds. The molecule has 6 nitrogen and oxygen atoms in total. The second kappa shape index (κ2) is 9.98. The highest BCUT2D eigenvalue weighted by Crippen LogP contribution is 2.18. The van der Waals surface area contributed by atoms with Gasteiger partial charge in [-0.3, -0.25) is 4.79 Å². The smallest absolute Gasteiger partial charge is 0.243 e. The van der Waals surface area contributed by atoms with Crippen LogP contribution in [-0.2, 0) is 19.6 Å². The number of carbonyl (C=O) groups is 1. The molecule has 0 saturated carbocycles. The molecule has 8 heteroatoms. The lowest BCUT2D eigenvalue weighted by Crippen LogP contribution is -2.41. The van der Waals surface area contributed by atoms with E-state index in [1.54, 1.807) is 6.92 Å². The van der Waals surface area contributed by atoms with Crippen molar-refractivity contribution in [1.29, 1.82) is 0 Å². The van der Waals surface area contributed by atoms with Gasteiger partial charge in [-0.1, -0.05) is 18.5 Å². The molecule has 0 heterocycles. The third-order valence-corrected chi connectivity index (χ3v) is 5.41. The highest BCUT2D eigenvalue weighted by Gasteiger charge is 2.25. The fraction of sp³-hybridized carbons (Fsp3) is 0.562. The number of nitrogens with one attached hydrogen (secondary N) is 1. The van der Waals surface area contributed by atoms with Crippen molar-refractivity contribution in [2.75, 3.05) is 26.2 Å². The Morgan fingerprint density at radius 3 is 2.46 bits per heavy atom. The Bertz CT molecular complexity index is 617. The maximum absolute atomic E-state index is 12.5. The maximum atomic E-state index is 12.5. The number of likely N-dealkylation sites (N-methyl/N-ethyl adjacent to an activating group) is 1. The Hall–Kier alpha value is -1.15. The minimum Gasteiger partial charge on any atom is -0.379 e. The van der Waals surface area contributed by atoms with Gasteiger partial charge in [-0.2, -0.15) is 4.31 Å². The molecule has 1 aromatic carbocycles. The van der Waals surface area contributed by atoms with Gasteiger partial charge in [-0.15, -0.1) is 0 Å². The van der Waals surface area contributed by atoms with E-state index in [1.807, 2.05) is 13.8 Å². The first-order valence-electron chi connectivity index (χ1n) is 7.91. The number of nitrogens with zero attached hydrogens (tertiary/aromatic N) is 1. The standard InChI is InChI=1S/C16H25ClN2O4S/c1-4-19(12-16(20)18-10-5-11-23-13(2)3)24(21,22)15-8-6-14(17)7-9-15/h6-9,13H,4-5,10-12H2,1-3H3,(H,18,20). The molecule has 0 spiro atoms. The van der Waals surface area contributed by atoms with Crippen LogP contribution in [0.25, 0.3) is 0 Å². The molecule has 0 aliphatic rings. The van der Waals surface area contributed by atoms with Gasteiger partial charge in [0.1, 0.15) is 0 Å². The molecular weight excluding hydrogens is 352 g/mol. The minimum atomic E-state index is -3.72. The summed E-state index contributed by atoms with van der Waals surface area (Å²) in [5.41, 5.74) is 0. The van der Waals surface area contributed by atoms with Crippen LogP contribution in [0.5, 0.6) is 0 Å². The molecule has 0 atom stereocenters. The zero-order valence-electron chi connectivity index (χ0n) is 14.3. The van der Waals surface area contributed by atoms with Crippen molar-refractivity contribution < 1.29 is 17.9 Å². The molecule has 0 saturated heterocycles. The summed E-state index contributed by atoms with van der Waals surface area (Å²) in [5, 5.41) is 3.16. The summed E-state index contributed by atoms with van der Waals surface area (Å²) >= 11 is 5.78. The number of hydrogen-bond acceptors (Lipinski definition) is 4. The number of sulfonamides is 1. The molecule has 1 rings (SSSR count). The van der Waals surface area contributed by atoms with Crippen LogP contribution < -0.4 is 5.32 Å². The summed E-state index contributed by atoms with van der Waals surface area (Å²) in [6.45, 7) is 6.57. The van der Waals surface area contributed by atoms with Gasteiger partial charge in [0.15, 0.2) is 0 Å². The molecule has 24 heavy (non-hydrogen) atoms. The summed E-state index contributed by atoms with van der Waals surface area (Å²) in [5.74, 6) is -0.334. The molecule has 0 bridgehead atoms. The van der Waals surface area contributed by atoms with Crippen molar-refractivity contribution in [2.24, 2.45) is 0 Å². The fourth-order valence-electron chi connectivity index (χ4n) is 1.96. The van der Waals surface area contributed by atoms with Crippen LogP contribution in [-0.4, -0.2) is 51.0 Å². The molecule has 136 valence electrons. The second-order valence-corrected chi connectivity index (χ2v) is 7.88. The van der Waals surface area contributed by atoms with E-state index in [-0.39, 0.29) is 30.0 Å². The van der Waals surface area contributed by atoms with Crippen LogP contribution in [0.2, 0.25) is 5.02 Å². The van der Waals surface area contributed by atoms with E-state index in [2.05, 4.69) is 5.32 Å². The van der Waals surface area contributed by atoms with E-state index in [9.17, 15) is 13.2 Å². The summed E-state index contributed by atoms with van der Waals surface area (Å²) in [4.78, 5) is 12.1. The van der Waals surface area contributed by atoms with Gasteiger partial charge in [-0.25, -0.2) is 8.42 Å². The Kier molecular flexibility index (Phi) is 8.69. The Labute approximate surface area is 149 Å². The first-order chi connectivity index (χ1) is 11.3. The molecule has 1 aromatic rings. The topological polar surface area (TPSA) is 75.7 Å². The molecule has 1 N–H and O–H groups in total. The molecule has 0 radical (unpaired) electrons. The van der Waals surface area contributed by atoms with Crippen molar-refractivity contribution >= 4 is 27.5 Å². The lowest BCUT2D eigenvalue weighted by molar-refractivity contribution is -0.121. The van der Waals surface area contributed by atoms with Crippen LogP contribution >= 0.6 is 11.6 Å². The number of benzene rings is 1. The first kappa shape index (κ1) is 20.9. The maximum Gasteiger partial charge on any atom is 0.243 e. The average Bonchev–Trinajstić information content (AvgIpc) is 2.52. The van der Waals surface area contributed by atoms with Crippen molar-refractivity contribution in [3.63, 3.8) is 0 Å². The SMILES string of the molecule is CCN(CC(=O)NCCCOC(C)C)S(=O)(=O)c1ccc(Cl)cc1. The number of halogens is 1. The quantitative estimate of drug-likeness (QED) is 0.635. The van der Waals surface area contributed by atoms with Crippen LogP contribution in [0, 0.1) is 0 Å². The minimum absolute atomic E-state index is 0.117. The van der Waals surface area contributed by atoms with Gasteiger partial charge < -0.3 is 10.1 Å². The van der Waals surface area contributed by atoms with Crippen LogP contribution in [0.4, 0.5) is 0 Å². The number of rotatable bonds is 10. The van der Waals surface area contributed by atoms with E-state index >= 15 is 0 Å². The number of carbonyl (C=O) groups excluding carboxylic acids is 1. The Balaban J connectivity index is 2.56.